The fourth-order valence-corrected chi connectivity index (χ4v) is 1.31. The van der Waals surface area contributed by atoms with E-state index in [0.717, 1.165) is 0 Å². The van der Waals surface area contributed by atoms with Gasteiger partial charge in [0.05, 0.1) is 11.8 Å². The van der Waals surface area contributed by atoms with Crippen molar-refractivity contribution >= 4 is 11.9 Å². The minimum atomic E-state index is -1.05. The molecule has 0 aromatic heterocycles. The molecule has 19 heteroatoms. The molecule has 0 aromatic rings. The molecule has 0 aromatic carbocycles. The molecule has 2 unspecified atom stereocenters. The van der Waals surface area contributed by atoms with Crippen molar-refractivity contribution in [3.05, 3.63) is 0 Å². The van der Waals surface area contributed by atoms with Crippen LogP contribution in [0.3, 0.4) is 0 Å². The summed E-state index contributed by atoms with van der Waals surface area (Å²) in [4.78, 5) is 21.5. The predicted molar refractivity (Wildman–Crippen MR) is 52.0 cm³/mol. The Balaban J connectivity index is -0.00000000805. The molecule has 127 valence electrons. The monoisotopic (exact) mass is 1540 g/mol. The zero-order valence-corrected chi connectivity index (χ0v) is 60.3. The molecule has 2 atom stereocenters. The molecule has 0 aliphatic carbocycles. The van der Waals surface area contributed by atoms with Crippen molar-refractivity contribution in [2.45, 2.75) is 34.1 Å². The Kier molecular flexibility index (Phi) is 236. The number of hydrogen-bond acceptors (Lipinski definition) is 2. The molecule has 0 aliphatic rings. The number of aliphatic carboxylic acids is 2. The van der Waals surface area contributed by atoms with Crippen LogP contribution in [-0.4, -0.2) is 22.2 Å². The number of rotatable bonds is 4. The van der Waals surface area contributed by atoms with Crippen LogP contribution in [-0.2, 0) is 500 Å². The van der Waals surface area contributed by atoms with Crippen molar-refractivity contribution in [2.24, 2.45) is 17.3 Å². The molecule has 0 rings (SSSR count). The average Bonchev–Trinajstić information content (AvgIpc) is 1.96. The van der Waals surface area contributed by atoms with Gasteiger partial charge in [-0.15, -0.1) is 0 Å². The summed E-state index contributed by atoms with van der Waals surface area (Å²) in [5.41, 5.74) is -0.174. The van der Waals surface area contributed by atoms with Crippen LogP contribution in [0.25, 0.3) is 0 Å². The first-order valence-corrected chi connectivity index (χ1v) is 4.61. The quantitative estimate of drug-likeness (QED) is 0.452. The Morgan fingerprint density at radius 2 is 0.793 bits per heavy atom. The van der Waals surface area contributed by atoms with Gasteiger partial charge in [-0.2, -0.15) is 0 Å². The van der Waals surface area contributed by atoms with Crippen molar-refractivity contribution in [3.8, 4) is 0 Å². The molecule has 0 heterocycles. The summed E-state index contributed by atoms with van der Waals surface area (Å²) in [6.07, 6.45) is 0.371. The van der Waals surface area contributed by atoms with Gasteiger partial charge in [0.25, 0.3) is 0 Å². The van der Waals surface area contributed by atoms with Gasteiger partial charge in [-0.3, -0.25) is 9.59 Å². The standard InChI is InChI=1S/C10H18O4.15Y/c1-6(8(11)12)7(9(13)14)5-10(2,3)4;;;;;;;;;;;;;;;/h6-7H,5H2,1-4H3,(H,11,12)(H,13,14);;;;;;;;;;;;;;;. The summed E-state index contributed by atoms with van der Waals surface area (Å²) in [6.45, 7) is 7.14. The van der Waals surface area contributed by atoms with Crippen LogP contribution < -0.4 is 0 Å². The third-order valence-electron chi connectivity index (χ3n) is 2.14. The van der Waals surface area contributed by atoms with Gasteiger partial charge in [-0.05, 0) is 11.8 Å². The maximum absolute atomic E-state index is 10.9. The van der Waals surface area contributed by atoms with E-state index in [9.17, 15) is 9.59 Å². The van der Waals surface area contributed by atoms with Gasteiger partial charge < -0.3 is 10.2 Å². The maximum Gasteiger partial charge on any atom is 0.307 e. The van der Waals surface area contributed by atoms with Gasteiger partial charge in [0.15, 0.2) is 0 Å². The van der Waals surface area contributed by atoms with Crippen molar-refractivity contribution in [3.63, 3.8) is 0 Å². The van der Waals surface area contributed by atoms with Crippen LogP contribution in [0.4, 0.5) is 0 Å². The fraction of sp³-hybridized carbons (Fsp3) is 0.800. The first-order valence-electron chi connectivity index (χ1n) is 4.61. The maximum atomic E-state index is 10.9. The summed E-state index contributed by atoms with van der Waals surface area (Å²) in [6, 6.07) is 0. The van der Waals surface area contributed by atoms with E-state index in [1.807, 2.05) is 20.8 Å². The molecule has 0 bridgehead atoms. The summed E-state index contributed by atoms with van der Waals surface area (Å²) in [7, 11) is 0. The molecule has 4 nitrogen and oxygen atoms in total. The average molecular weight is 1540 g/mol. The van der Waals surface area contributed by atoms with E-state index in [1.165, 1.54) is 6.92 Å². The van der Waals surface area contributed by atoms with Crippen LogP contribution in [0, 0.1) is 17.3 Å². The second kappa shape index (κ2) is 66.0. The largest absolute Gasteiger partial charge is 0.481 e. The van der Waals surface area contributed by atoms with Gasteiger partial charge in [-0.25, -0.2) is 0 Å². The Morgan fingerprint density at radius 3 is 0.897 bits per heavy atom. The molecule has 15 radical (unpaired) electrons. The SMILES string of the molecule is CC(C(=O)O)C(CC(C)(C)C)C(=O)O.[Y].[Y].[Y].[Y].[Y].[Y].[Y].[Y].[Y].[Y].[Y].[Y].[Y].[Y].[Y]. The van der Waals surface area contributed by atoms with Crippen LogP contribution in [0.1, 0.15) is 34.1 Å². The van der Waals surface area contributed by atoms with Gasteiger partial charge in [-0.1, -0.05) is 27.7 Å². The van der Waals surface area contributed by atoms with E-state index in [2.05, 4.69) is 0 Å². The second-order valence-electron chi connectivity index (χ2n) is 4.84. The first-order chi connectivity index (χ1) is 6.15. The predicted octanol–water partition coefficient (Wildman–Crippen LogP) is 1.81. The summed E-state index contributed by atoms with van der Waals surface area (Å²) in [5, 5.41) is 17.6. The number of hydrogen-bond donors (Lipinski definition) is 2. The third-order valence-corrected chi connectivity index (χ3v) is 2.14. The van der Waals surface area contributed by atoms with Gasteiger partial charge in [0.1, 0.15) is 0 Å². The minimum Gasteiger partial charge on any atom is -0.481 e. The summed E-state index contributed by atoms with van der Waals surface area (Å²) in [5.74, 6) is -3.74. The van der Waals surface area contributed by atoms with E-state index >= 15 is 0 Å². The van der Waals surface area contributed by atoms with E-state index in [-0.39, 0.29) is 496 Å². The minimum absolute atomic E-state index is 0. The van der Waals surface area contributed by atoms with Crippen molar-refractivity contribution in [1.29, 1.82) is 0 Å². The van der Waals surface area contributed by atoms with Gasteiger partial charge in [0, 0.05) is 491 Å². The molecule has 0 amide bonds. The first kappa shape index (κ1) is 104. The number of carboxylic acids is 2. The Morgan fingerprint density at radius 1 is 0.586 bits per heavy atom. The van der Waals surface area contributed by atoms with Crippen molar-refractivity contribution < 1.29 is 510 Å². The molecule has 29 heavy (non-hydrogen) atoms. The van der Waals surface area contributed by atoms with Gasteiger partial charge in [0.2, 0.25) is 0 Å². The zero-order valence-electron chi connectivity index (χ0n) is 17.7. The summed E-state index contributed by atoms with van der Waals surface area (Å²) >= 11 is 0. The molecule has 0 fully saturated rings. The Bertz CT molecular complexity index is 256. The topological polar surface area (TPSA) is 74.6 Å². The molecule has 0 spiro atoms. The van der Waals surface area contributed by atoms with Crippen molar-refractivity contribution in [2.75, 3.05) is 0 Å². The van der Waals surface area contributed by atoms with Crippen LogP contribution in [0.2, 0.25) is 0 Å². The van der Waals surface area contributed by atoms with Gasteiger partial charge >= 0.3 is 11.9 Å². The van der Waals surface area contributed by atoms with Crippen LogP contribution in [0.15, 0.2) is 0 Å². The molecule has 2 N–H and O–H groups in total. The van der Waals surface area contributed by atoms with E-state index < -0.39 is 23.8 Å². The molecule has 0 saturated carbocycles. The number of carboxylic acid groups (broad SMARTS) is 2. The zero-order chi connectivity index (χ0) is 11.5. The molecular weight excluding hydrogens is 1520 g/mol. The summed E-state index contributed by atoms with van der Waals surface area (Å²) < 4.78 is 0. The number of carbonyl (C=O) groups is 2. The van der Waals surface area contributed by atoms with Crippen LogP contribution >= 0.6 is 0 Å². The van der Waals surface area contributed by atoms with Crippen LogP contribution in [0.5, 0.6) is 0 Å². The molecule has 0 saturated heterocycles. The normalized spacial score (nSPS) is 7.72. The van der Waals surface area contributed by atoms with E-state index in [4.69, 9.17) is 10.2 Å². The van der Waals surface area contributed by atoms with E-state index in [0.29, 0.717) is 6.42 Å². The third kappa shape index (κ3) is 70.9. The Hall–Kier alpha value is 15.5. The molecular formula is C10H18O4Y15. The fourth-order valence-electron chi connectivity index (χ4n) is 1.31. The Labute approximate surface area is 555 Å². The molecule has 0 aliphatic heterocycles. The van der Waals surface area contributed by atoms with Crippen molar-refractivity contribution in [1.82, 2.24) is 0 Å². The smallest absolute Gasteiger partial charge is 0.307 e. The second-order valence-corrected chi connectivity index (χ2v) is 4.84. The van der Waals surface area contributed by atoms with E-state index in [1.54, 1.807) is 0 Å².